The van der Waals surface area contributed by atoms with E-state index in [0.717, 1.165) is 24.2 Å². The van der Waals surface area contributed by atoms with Crippen LogP contribution in [0, 0.1) is 6.92 Å². The molecular weight excluding hydrogens is 572 g/mol. The van der Waals surface area contributed by atoms with Gasteiger partial charge in [0, 0.05) is 5.56 Å². The number of carbonyl (C=O) groups excluding carboxylic acids is 3. The number of methoxy groups -OCH3 is 1. The number of anilines is 1. The third kappa shape index (κ3) is 6.56. The molecule has 10 nitrogen and oxygen atoms in total. The molecule has 43 heavy (non-hydrogen) atoms. The van der Waals surface area contributed by atoms with Gasteiger partial charge in [-0.05, 0) is 62.2 Å². The van der Waals surface area contributed by atoms with Crippen molar-refractivity contribution in [3.63, 3.8) is 0 Å². The number of ether oxygens (including phenoxy) is 4. The number of aliphatic hydroxyl groups excluding tert-OH is 1. The van der Waals surface area contributed by atoms with Crippen LogP contribution in [0.1, 0.15) is 59.2 Å². The van der Waals surface area contributed by atoms with Gasteiger partial charge in [-0.25, -0.2) is 9.78 Å². The number of esters is 1. The van der Waals surface area contributed by atoms with Gasteiger partial charge in [-0.1, -0.05) is 43.4 Å². The fourth-order valence-electron chi connectivity index (χ4n) is 4.55. The third-order valence-electron chi connectivity index (χ3n) is 6.65. The number of rotatable bonds is 13. The predicted octanol–water partition coefficient (Wildman–Crippen LogP) is 6.01. The maximum absolute atomic E-state index is 13.6. The van der Waals surface area contributed by atoms with E-state index in [0.29, 0.717) is 47.3 Å². The van der Waals surface area contributed by atoms with Crippen molar-refractivity contribution in [3.8, 4) is 17.2 Å². The molecule has 1 amide bonds. The highest BCUT2D eigenvalue weighted by molar-refractivity contribution is 7.17. The van der Waals surface area contributed by atoms with E-state index in [1.165, 1.54) is 18.1 Å². The molecule has 1 aliphatic rings. The molecule has 1 unspecified atom stereocenters. The minimum Gasteiger partial charge on any atom is -0.507 e. The van der Waals surface area contributed by atoms with Crippen molar-refractivity contribution in [2.75, 3.05) is 31.8 Å². The second-order valence-electron chi connectivity index (χ2n) is 9.54. The number of Topliss-reactive ketones (excluding diaryl/α,β-unsaturated/α-hetero) is 1. The van der Waals surface area contributed by atoms with Gasteiger partial charge < -0.3 is 24.1 Å². The van der Waals surface area contributed by atoms with E-state index in [4.69, 9.17) is 18.9 Å². The molecule has 1 aromatic heterocycles. The first kappa shape index (κ1) is 31.3. The lowest BCUT2D eigenvalue weighted by Crippen LogP contribution is -2.29. The van der Waals surface area contributed by atoms with Crippen molar-refractivity contribution < 1.29 is 38.4 Å². The first-order valence-electron chi connectivity index (χ1n) is 13.9. The summed E-state index contributed by atoms with van der Waals surface area (Å²) >= 11 is 0.918. The van der Waals surface area contributed by atoms with Crippen molar-refractivity contribution in [1.29, 1.82) is 0 Å². The van der Waals surface area contributed by atoms with E-state index in [9.17, 15) is 19.5 Å². The zero-order valence-electron chi connectivity index (χ0n) is 24.5. The lowest BCUT2D eigenvalue weighted by atomic mass is 9.95. The molecule has 1 saturated heterocycles. The lowest BCUT2D eigenvalue weighted by Gasteiger charge is -2.24. The largest absolute Gasteiger partial charge is 0.507 e. The Bertz CT molecular complexity index is 1540. The van der Waals surface area contributed by atoms with Crippen LogP contribution in [-0.2, 0) is 14.3 Å². The van der Waals surface area contributed by atoms with Crippen LogP contribution in [0.2, 0.25) is 0 Å². The van der Waals surface area contributed by atoms with Gasteiger partial charge in [0.1, 0.15) is 23.0 Å². The normalized spacial score (nSPS) is 15.8. The molecule has 0 spiro atoms. The molecule has 2 heterocycles. The summed E-state index contributed by atoms with van der Waals surface area (Å²) in [7, 11) is 1.48. The molecular formula is C32H34N2O8S. The Kier molecular flexibility index (Phi) is 10.2. The van der Waals surface area contributed by atoms with Crippen molar-refractivity contribution >= 4 is 39.9 Å². The smallest absolute Gasteiger partial charge is 0.350 e. The number of unbranched alkanes of at least 4 members (excludes halogenated alkanes) is 1. The monoisotopic (exact) mass is 606 g/mol. The Morgan fingerprint density at radius 2 is 1.86 bits per heavy atom. The van der Waals surface area contributed by atoms with Gasteiger partial charge in [-0.2, -0.15) is 0 Å². The van der Waals surface area contributed by atoms with Crippen LogP contribution in [0.15, 0.2) is 60.7 Å². The number of aromatic nitrogens is 1. The molecule has 0 saturated carbocycles. The number of benzene rings is 2. The van der Waals surface area contributed by atoms with E-state index >= 15 is 0 Å². The quantitative estimate of drug-likeness (QED) is 0.0622. The van der Waals surface area contributed by atoms with Crippen LogP contribution in [0.25, 0.3) is 5.76 Å². The summed E-state index contributed by atoms with van der Waals surface area (Å²) in [4.78, 5) is 45.7. The average molecular weight is 607 g/mol. The van der Waals surface area contributed by atoms with Crippen LogP contribution in [-0.4, -0.2) is 54.7 Å². The Hall–Kier alpha value is -4.64. The number of hydrogen-bond acceptors (Lipinski definition) is 10. The van der Waals surface area contributed by atoms with Crippen LogP contribution in [0.3, 0.4) is 0 Å². The molecule has 226 valence electrons. The molecule has 0 radical (unpaired) electrons. The van der Waals surface area contributed by atoms with Gasteiger partial charge in [-0.3, -0.25) is 14.5 Å². The third-order valence-corrected chi connectivity index (χ3v) is 7.79. The number of aliphatic hydroxyl groups is 1. The van der Waals surface area contributed by atoms with Crippen molar-refractivity contribution in [3.05, 3.63) is 82.4 Å². The number of hydrogen-bond donors (Lipinski definition) is 1. The SMILES string of the molecule is C=CCOC(=O)c1sc(N2C(=O)C(=O)C(=C(O)c3ccc(OCCCC)cc3)C2c2ccc(OCC)c(OC)c2)nc1C. The summed E-state index contributed by atoms with van der Waals surface area (Å²) in [5.74, 6) is -1.33. The summed E-state index contributed by atoms with van der Waals surface area (Å²) in [6.07, 6.45) is 3.34. The molecule has 11 heteroatoms. The van der Waals surface area contributed by atoms with Crippen molar-refractivity contribution in [2.45, 2.75) is 39.7 Å². The standard InChI is InChI=1S/C32H34N2O8S/c1-6-9-17-41-22-13-10-20(11-14-22)27(35)25-26(21-12-15-23(40-8-3)24(18-21)39-5)34(30(37)28(25)36)32-33-19(4)29(43-32)31(38)42-16-7-2/h7,10-15,18,26,35H,2,6,8-9,16-17H2,1,3-5H3. The number of thiazole rings is 1. The molecule has 3 aromatic rings. The Morgan fingerprint density at radius 3 is 2.51 bits per heavy atom. The van der Waals surface area contributed by atoms with Gasteiger partial charge in [-0.15, -0.1) is 0 Å². The maximum atomic E-state index is 13.6. The topological polar surface area (TPSA) is 124 Å². The summed E-state index contributed by atoms with van der Waals surface area (Å²) in [6.45, 7) is 10.0. The van der Waals surface area contributed by atoms with E-state index in [-0.39, 0.29) is 27.9 Å². The molecule has 1 N–H and O–H groups in total. The number of amides is 1. The van der Waals surface area contributed by atoms with Crippen LogP contribution < -0.4 is 19.1 Å². The Labute approximate surface area is 254 Å². The molecule has 2 aromatic carbocycles. The fourth-order valence-corrected chi connectivity index (χ4v) is 5.54. The molecule has 4 rings (SSSR count). The van der Waals surface area contributed by atoms with Gasteiger partial charge in [0.2, 0.25) is 0 Å². The van der Waals surface area contributed by atoms with Crippen molar-refractivity contribution in [2.24, 2.45) is 0 Å². The maximum Gasteiger partial charge on any atom is 0.350 e. The van der Waals surface area contributed by atoms with Gasteiger partial charge in [0.25, 0.3) is 5.78 Å². The number of ketones is 1. The number of nitrogens with zero attached hydrogens (tertiary/aromatic N) is 2. The highest BCUT2D eigenvalue weighted by Crippen LogP contribution is 2.45. The van der Waals surface area contributed by atoms with Crippen LogP contribution in [0.4, 0.5) is 5.13 Å². The van der Waals surface area contributed by atoms with E-state index in [1.54, 1.807) is 49.4 Å². The Morgan fingerprint density at radius 1 is 1.12 bits per heavy atom. The zero-order chi connectivity index (χ0) is 31.1. The van der Waals surface area contributed by atoms with Crippen LogP contribution >= 0.6 is 11.3 Å². The minimum atomic E-state index is -1.09. The van der Waals surface area contributed by atoms with E-state index in [2.05, 4.69) is 18.5 Å². The predicted molar refractivity (Wildman–Crippen MR) is 163 cm³/mol. The molecule has 1 fully saturated rings. The molecule has 0 aliphatic carbocycles. The summed E-state index contributed by atoms with van der Waals surface area (Å²) in [6, 6.07) is 10.6. The lowest BCUT2D eigenvalue weighted by molar-refractivity contribution is -0.132. The first-order valence-corrected chi connectivity index (χ1v) is 14.7. The van der Waals surface area contributed by atoms with Gasteiger partial charge in [0.05, 0.1) is 37.6 Å². The number of aryl methyl sites for hydroxylation is 1. The van der Waals surface area contributed by atoms with Gasteiger partial charge in [0.15, 0.2) is 16.6 Å². The second-order valence-corrected chi connectivity index (χ2v) is 10.5. The van der Waals surface area contributed by atoms with Gasteiger partial charge >= 0.3 is 11.9 Å². The highest BCUT2D eigenvalue weighted by atomic mass is 32.1. The number of carbonyl (C=O) groups is 3. The zero-order valence-corrected chi connectivity index (χ0v) is 25.4. The second kappa shape index (κ2) is 14.0. The molecule has 0 bridgehead atoms. The van der Waals surface area contributed by atoms with Crippen LogP contribution in [0.5, 0.6) is 17.2 Å². The Balaban J connectivity index is 1.85. The minimum absolute atomic E-state index is 0.00439. The summed E-state index contributed by atoms with van der Waals surface area (Å²) < 4.78 is 22.1. The van der Waals surface area contributed by atoms with E-state index < -0.39 is 23.7 Å². The average Bonchev–Trinajstić information content (AvgIpc) is 3.52. The first-order chi connectivity index (χ1) is 20.7. The molecule has 1 aliphatic heterocycles. The summed E-state index contributed by atoms with van der Waals surface area (Å²) in [5, 5.41) is 11.6. The molecule has 1 atom stereocenters. The van der Waals surface area contributed by atoms with E-state index in [1.807, 2.05) is 6.92 Å². The fraction of sp³-hybridized carbons (Fsp3) is 0.312. The highest BCUT2D eigenvalue weighted by Gasteiger charge is 2.48. The van der Waals surface area contributed by atoms with Crippen molar-refractivity contribution in [1.82, 2.24) is 4.98 Å². The summed E-state index contributed by atoms with van der Waals surface area (Å²) in [5.41, 5.74) is 0.981.